The van der Waals surface area contributed by atoms with E-state index >= 15 is 0 Å². The van der Waals surface area contributed by atoms with Gasteiger partial charge in [-0.05, 0) is 30.2 Å². The first-order valence-corrected chi connectivity index (χ1v) is 6.45. The van der Waals surface area contributed by atoms with Crippen LogP contribution in [0.1, 0.15) is 21.6 Å². The number of carbonyl (C=O) groups is 1. The molecule has 3 rings (SSSR count). The summed E-state index contributed by atoms with van der Waals surface area (Å²) >= 11 is 0. The number of benzene rings is 1. The second-order valence-electron chi connectivity index (χ2n) is 4.61. The van der Waals surface area contributed by atoms with E-state index in [1.807, 2.05) is 12.1 Å². The highest BCUT2D eigenvalue weighted by molar-refractivity contribution is 5.96. The lowest BCUT2D eigenvalue weighted by atomic mass is 9.99. The molecule has 4 N–H and O–H groups in total. The van der Waals surface area contributed by atoms with Gasteiger partial charge in [-0.2, -0.15) is 0 Å². The van der Waals surface area contributed by atoms with E-state index in [1.165, 1.54) is 23.5 Å². The van der Waals surface area contributed by atoms with Crippen molar-refractivity contribution in [1.29, 1.82) is 0 Å². The zero-order chi connectivity index (χ0) is 13.9. The Morgan fingerprint density at radius 3 is 3.00 bits per heavy atom. The smallest absolute Gasteiger partial charge is 0.271 e. The van der Waals surface area contributed by atoms with Crippen LogP contribution in [0.5, 0.6) is 0 Å². The molecule has 0 saturated carbocycles. The van der Waals surface area contributed by atoms with Gasteiger partial charge in [-0.1, -0.05) is 12.1 Å². The molecule has 20 heavy (non-hydrogen) atoms. The van der Waals surface area contributed by atoms with Crippen LogP contribution in [-0.4, -0.2) is 22.4 Å². The molecule has 0 bridgehead atoms. The highest BCUT2D eigenvalue weighted by atomic mass is 16.1. The molecule has 1 aromatic heterocycles. The quantitative estimate of drug-likeness (QED) is 0.772. The fourth-order valence-corrected chi connectivity index (χ4v) is 2.39. The Labute approximate surface area is 116 Å². The van der Waals surface area contributed by atoms with Gasteiger partial charge >= 0.3 is 0 Å². The molecule has 2 aromatic rings. The van der Waals surface area contributed by atoms with E-state index in [0.717, 1.165) is 25.2 Å². The van der Waals surface area contributed by atoms with Crippen LogP contribution in [0.15, 0.2) is 30.6 Å². The summed E-state index contributed by atoms with van der Waals surface area (Å²) in [6.45, 7) is 1.79. The van der Waals surface area contributed by atoms with Crippen molar-refractivity contribution >= 4 is 17.4 Å². The summed E-state index contributed by atoms with van der Waals surface area (Å²) < 4.78 is 0. The van der Waals surface area contributed by atoms with Gasteiger partial charge in [0.1, 0.15) is 0 Å². The average molecular weight is 269 g/mol. The maximum absolute atomic E-state index is 11.4. The highest BCUT2D eigenvalue weighted by Crippen LogP contribution is 2.26. The van der Waals surface area contributed by atoms with Crippen molar-refractivity contribution in [2.45, 2.75) is 13.0 Å². The van der Waals surface area contributed by atoms with Crippen molar-refractivity contribution in [3.05, 3.63) is 47.4 Å². The number of hydrogen-bond donors (Lipinski definition) is 3. The lowest BCUT2D eigenvalue weighted by molar-refractivity contribution is 0.0996. The molecule has 0 fully saturated rings. The number of rotatable bonds is 3. The van der Waals surface area contributed by atoms with Gasteiger partial charge in [0.15, 0.2) is 11.5 Å². The Kier molecular flexibility index (Phi) is 3.30. The van der Waals surface area contributed by atoms with Gasteiger partial charge in [-0.25, -0.2) is 9.97 Å². The van der Waals surface area contributed by atoms with Gasteiger partial charge < -0.3 is 16.4 Å². The molecule has 2 heterocycles. The minimum Gasteiger partial charge on any atom is -0.364 e. The molecule has 0 aliphatic carbocycles. The minimum atomic E-state index is -0.591. The fraction of sp³-hybridized carbons (Fsp3) is 0.214. The number of primary amides is 1. The number of nitrogens with two attached hydrogens (primary N) is 1. The Balaban J connectivity index is 1.98. The molecule has 6 heteroatoms. The monoisotopic (exact) mass is 269 g/mol. The second-order valence-corrected chi connectivity index (χ2v) is 4.61. The van der Waals surface area contributed by atoms with Crippen molar-refractivity contribution in [3.63, 3.8) is 0 Å². The lowest BCUT2D eigenvalue weighted by Crippen LogP contribution is -2.24. The maximum Gasteiger partial charge on any atom is 0.271 e. The van der Waals surface area contributed by atoms with E-state index in [1.54, 1.807) is 0 Å². The summed E-state index contributed by atoms with van der Waals surface area (Å²) in [6, 6.07) is 6.05. The van der Waals surface area contributed by atoms with E-state index < -0.39 is 5.91 Å². The van der Waals surface area contributed by atoms with Gasteiger partial charge in [0, 0.05) is 24.6 Å². The fourth-order valence-electron chi connectivity index (χ4n) is 2.39. The zero-order valence-corrected chi connectivity index (χ0v) is 10.9. The van der Waals surface area contributed by atoms with Crippen LogP contribution in [0.25, 0.3) is 0 Å². The average Bonchev–Trinajstić information content (AvgIpc) is 2.48. The molecule has 0 spiro atoms. The molecule has 6 nitrogen and oxygen atoms in total. The van der Waals surface area contributed by atoms with Crippen molar-refractivity contribution < 1.29 is 4.79 Å². The molecule has 1 aromatic carbocycles. The topological polar surface area (TPSA) is 92.9 Å². The van der Waals surface area contributed by atoms with E-state index in [4.69, 9.17) is 5.73 Å². The Hall–Kier alpha value is -2.47. The summed E-state index contributed by atoms with van der Waals surface area (Å²) in [5, 5.41) is 6.51. The van der Waals surface area contributed by atoms with Gasteiger partial charge in [0.25, 0.3) is 5.91 Å². The summed E-state index contributed by atoms with van der Waals surface area (Å²) in [7, 11) is 0. The van der Waals surface area contributed by atoms with Gasteiger partial charge in [-0.15, -0.1) is 0 Å². The first kappa shape index (κ1) is 12.6. The van der Waals surface area contributed by atoms with Crippen molar-refractivity contribution in [2.24, 2.45) is 5.73 Å². The number of fused-ring (bicyclic) bond motifs is 1. The lowest BCUT2D eigenvalue weighted by Gasteiger charge is -2.21. The molecule has 0 radical (unpaired) electrons. The van der Waals surface area contributed by atoms with Gasteiger partial charge in [0.2, 0.25) is 0 Å². The van der Waals surface area contributed by atoms with Crippen LogP contribution in [-0.2, 0) is 13.0 Å². The van der Waals surface area contributed by atoms with Crippen molar-refractivity contribution in [3.8, 4) is 0 Å². The predicted octanol–water partition coefficient (Wildman–Crippen LogP) is 0.965. The van der Waals surface area contributed by atoms with Crippen LogP contribution in [0.3, 0.4) is 0 Å². The standard InChI is InChI=1S/C14H15N5O/c15-13(20)12-14(18-7-6-17-12)19-11-3-1-2-9-8-16-5-4-10(9)11/h1-3,6-7,16H,4-5,8H2,(H2,15,20)(H,18,19). The molecule has 0 saturated heterocycles. The molecule has 0 atom stereocenters. The maximum atomic E-state index is 11.4. The molecular formula is C14H15N5O. The van der Waals surface area contributed by atoms with E-state index in [2.05, 4.69) is 26.7 Å². The minimum absolute atomic E-state index is 0.152. The van der Waals surface area contributed by atoms with Crippen LogP contribution >= 0.6 is 0 Å². The van der Waals surface area contributed by atoms with Crippen LogP contribution in [0.4, 0.5) is 11.5 Å². The first-order valence-electron chi connectivity index (χ1n) is 6.45. The third-order valence-electron chi connectivity index (χ3n) is 3.32. The van der Waals surface area contributed by atoms with Gasteiger partial charge in [-0.3, -0.25) is 4.79 Å². The van der Waals surface area contributed by atoms with E-state index in [-0.39, 0.29) is 5.69 Å². The SMILES string of the molecule is NC(=O)c1nccnc1Nc1cccc2c1CCNC2. The number of anilines is 2. The van der Waals surface area contributed by atoms with E-state index in [9.17, 15) is 4.79 Å². The Morgan fingerprint density at radius 1 is 1.30 bits per heavy atom. The third kappa shape index (κ3) is 2.33. The normalized spacial score (nSPS) is 13.6. The summed E-state index contributed by atoms with van der Waals surface area (Å²) in [4.78, 5) is 19.5. The first-order chi connectivity index (χ1) is 9.75. The number of nitrogens with one attached hydrogen (secondary N) is 2. The molecule has 0 unspecified atom stereocenters. The summed E-state index contributed by atoms with van der Waals surface area (Å²) in [5.41, 5.74) is 8.92. The van der Waals surface area contributed by atoms with Crippen LogP contribution in [0.2, 0.25) is 0 Å². The van der Waals surface area contributed by atoms with Crippen LogP contribution < -0.4 is 16.4 Å². The predicted molar refractivity (Wildman–Crippen MR) is 75.7 cm³/mol. The molecular weight excluding hydrogens is 254 g/mol. The van der Waals surface area contributed by atoms with Crippen LogP contribution in [0, 0.1) is 0 Å². The molecule has 1 amide bonds. The number of nitrogens with zero attached hydrogens (tertiary/aromatic N) is 2. The highest BCUT2D eigenvalue weighted by Gasteiger charge is 2.15. The Morgan fingerprint density at radius 2 is 2.15 bits per heavy atom. The Bertz CT molecular complexity index is 656. The molecule has 1 aliphatic rings. The number of amides is 1. The second kappa shape index (κ2) is 5.26. The number of aromatic nitrogens is 2. The summed E-state index contributed by atoms with van der Waals surface area (Å²) in [5.74, 6) is -0.195. The molecule has 102 valence electrons. The van der Waals surface area contributed by atoms with E-state index in [0.29, 0.717) is 5.82 Å². The third-order valence-corrected chi connectivity index (χ3v) is 3.32. The largest absolute Gasteiger partial charge is 0.364 e. The van der Waals surface area contributed by atoms with Gasteiger partial charge in [0.05, 0.1) is 0 Å². The van der Waals surface area contributed by atoms with Crippen molar-refractivity contribution in [1.82, 2.24) is 15.3 Å². The molecule has 1 aliphatic heterocycles. The zero-order valence-electron chi connectivity index (χ0n) is 10.9. The number of hydrogen-bond acceptors (Lipinski definition) is 5. The summed E-state index contributed by atoms with van der Waals surface area (Å²) in [6.07, 6.45) is 3.92. The number of carbonyl (C=O) groups excluding carboxylic acids is 1. The van der Waals surface area contributed by atoms with Crippen molar-refractivity contribution in [2.75, 3.05) is 11.9 Å².